The predicted molar refractivity (Wildman–Crippen MR) is 61.1 cm³/mol. The zero-order valence-corrected chi connectivity index (χ0v) is 9.57. The monoisotopic (exact) mass is 222 g/mol. The maximum absolute atomic E-state index is 10.0. The van der Waals surface area contributed by atoms with Crippen molar-refractivity contribution in [2.75, 3.05) is 19.8 Å². The van der Waals surface area contributed by atoms with Crippen LogP contribution in [0.5, 0.6) is 0 Å². The molecule has 1 aromatic rings. The highest BCUT2D eigenvalue weighted by Gasteiger charge is 2.31. The highest BCUT2D eigenvalue weighted by molar-refractivity contribution is 5.12. The molecule has 2 rings (SSSR count). The van der Waals surface area contributed by atoms with Crippen molar-refractivity contribution in [3.8, 4) is 0 Å². The van der Waals surface area contributed by atoms with E-state index in [1.807, 2.05) is 25.3 Å². The number of aliphatic hydroxyl groups is 1. The lowest BCUT2D eigenvalue weighted by Gasteiger charge is -2.20. The molecule has 0 spiro atoms. The van der Waals surface area contributed by atoms with Crippen molar-refractivity contribution in [3.63, 3.8) is 0 Å². The van der Waals surface area contributed by atoms with E-state index in [9.17, 15) is 5.11 Å². The van der Waals surface area contributed by atoms with Gasteiger partial charge in [-0.2, -0.15) is 0 Å². The average Bonchev–Trinajstić information content (AvgIpc) is 2.69. The summed E-state index contributed by atoms with van der Waals surface area (Å²) in [5.41, 5.74) is 1.47. The summed E-state index contributed by atoms with van der Waals surface area (Å²) in [5.74, 6) is 0. The minimum Gasteiger partial charge on any atom is -0.386 e. The molecule has 1 aliphatic rings. The van der Waals surface area contributed by atoms with Crippen LogP contribution in [0.4, 0.5) is 0 Å². The highest BCUT2D eigenvalue weighted by atomic mass is 16.5. The molecule has 88 valence electrons. The van der Waals surface area contributed by atoms with Gasteiger partial charge in [-0.3, -0.25) is 4.98 Å². The van der Waals surface area contributed by atoms with Crippen LogP contribution >= 0.6 is 0 Å². The van der Waals surface area contributed by atoms with Gasteiger partial charge in [-0.25, -0.2) is 0 Å². The SMILES string of the molecule is Cc1ccc(CNCC2(O)CCOC2)cn1. The van der Waals surface area contributed by atoms with Gasteiger partial charge in [-0.15, -0.1) is 0 Å². The van der Waals surface area contributed by atoms with E-state index in [2.05, 4.69) is 10.3 Å². The lowest BCUT2D eigenvalue weighted by Crippen LogP contribution is -2.40. The lowest BCUT2D eigenvalue weighted by molar-refractivity contribution is 0.0268. The van der Waals surface area contributed by atoms with Crippen molar-refractivity contribution in [1.82, 2.24) is 10.3 Å². The van der Waals surface area contributed by atoms with Crippen molar-refractivity contribution in [3.05, 3.63) is 29.6 Å². The number of nitrogens with zero attached hydrogens (tertiary/aromatic N) is 1. The number of ether oxygens (including phenoxy) is 1. The Morgan fingerprint density at radius 1 is 1.56 bits per heavy atom. The third-order valence-corrected chi connectivity index (χ3v) is 2.84. The van der Waals surface area contributed by atoms with Crippen LogP contribution in [-0.4, -0.2) is 35.5 Å². The summed E-state index contributed by atoms with van der Waals surface area (Å²) >= 11 is 0. The molecular formula is C12H18N2O2. The smallest absolute Gasteiger partial charge is 0.102 e. The summed E-state index contributed by atoms with van der Waals surface area (Å²) in [6, 6.07) is 4.04. The Bertz CT molecular complexity index is 331. The molecule has 1 unspecified atom stereocenters. The lowest BCUT2D eigenvalue weighted by atomic mass is 10.0. The number of hydrogen-bond donors (Lipinski definition) is 2. The zero-order chi connectivity index (χ0) is 11.4. The van der Waals surface area contributed by atoms with E-state index < -0.39 is 5.60 Å². The van der Waals surface area contributed by atoms with E-state index in [4.69, 9.17) is 4.74 Å². The van der Waals surface area contributed by atoms with Crippen LogP contribution in [0.1, 0.15) is 17.7 Å². The van der Waals surface area contributed by atoms with Crippen LogP contribution in [0.2, 0.25) is 0 Å². The van der Waals surface area contributed by atoms with Gasteiger partial charge in [0.2, 0.25) is 0 Å². The topological polar surface area (TPSA) is 54.4 Å². The molecule has 0 bridgehead atoms. The van der Waals surface area contributed by atoms with Crippen LogP contribution in [0, 0.1) is 6.92 Å². The maximum Gasteiger partial charge on any atom is 0.102 e. The first-order valence-electron chi connectivity index (χ1n) is 5.60. The number of rotatable bonds is 4. The van der Waals surface area contributed by atoms with Gasteiger partial charge in [0.1, 0.15) is 5.60 Å². The Morgan fingerprint density at radius 3 is 3.06 bits per heavy atom. The summed E-state index contributed by atoms with van der Waals surface area (Å²) in [5, 5.41) is 13.2. The van der Waals surface area contributed by atoms with Gasteiger partial charge >= 0.3 is 0 Å². The second-order valence-electron chi connectivity index (χ2n) is 4.44. The van der Waals surface area contributed by atoms with Crippen molar-refractivity contribution in [2.24, 2.45) is 0 Å². The standard InChI is InChI=1S/C12H18N2O2/c1-10-2-3-11(7-14-10)6-13-8-12(15)4-5-16-9-12/h2-3,7,13,15H,4-6,8-9H2,1H3. The average molecular weight is 222 g/mol. The van der Waals surface area contributed by atoms with Gasteiger partial charge in [-0.05, 0) is 18.6 Å². The summed E-state index contributed by atoms with van der Waals surface area (Å²) in [6.07, 6.45) is 2.57. The number of aryl methyl sites for hydroxylation is 1. The molecule has 4 heteroatoms. The molecule has 0 aliphatic carbocycles. The quantitative estimate of drug-likeness (QED) is 0.784. The first kappa shape index (κ1) is 11.5. The summed E-state index contributed by atoms with van der Waals surface area (Å²) < 4.78 is 5.18. The van der Waals surface area contributed by atoms with Gasteiger partial charge in [0.05, 0.1) is 6.61 Å². The Kier molecular flexibility index (Phi) is 3.53. The molecule has 16 heavy (non-hydrogen) atoms. The molecule has 0 radical (unpaired) electrons. The molecule has 2 heterocycles. The number of hydrogen-bond acceptors (Lipinski definition) is 4. The highest BCUT2D eigenvalue weighted by Crippen LogP contribution is 2.16. The van der Waals surface area contributed by atoms with Gasteiger partial charge in [-0.1, -0.05) is 6.07 Å². The first-order chi connectivity index (χ1) is 7.68. The third-order valence-electron chi connectivity index (χ3n) is 2.84. The number of pyridine rings is 1. The van der Waals surface area contributed by atoms with E-state index in [0.29, 0.717) is 26.2 Å². The molecule has 1 aliphatic heterocycles. The van der Waals surface area contributed by atoms with Crippen LogP contribution in [0.15, 0.2) is 18.3 Å². The summed E-state index contributed by atoms with van der Waals surface area (Å²) in [4.78, 5) is 4.22. The van der Waals surface area contributed by atoms with Gasteiger partial charge in [0, 0.05) is 38.0 Å². The van der Waals surface area contributed by atoms with E-state index in [1.165, 1.54) is 0 Å². The molecule has 2 N–H and O–H groups in total. The molecule has 1 saturated heterocycles. The Hall–Kier alpha value is -0.970. The third kappa shape index (κ3) is 3.01. The van der Waals surface area contributed by atoms with E-state index in [1.54, 1.807) is 0 Å². The fraction of sp³-hybridized carbons (Fsp3) is 0.583. The maximum atomic E-state index is 10.0. The fourth-order valence-corrected chi connectivity index (χ4v) is 1.78. The van der Waals surface area contributed by atoms with Gasteiger partial charge in [0.25, 0.3) is 0 Å². The zero-order valence-electron chi connectivity index (χ0n) is 9.57. The van der Waals surface area contributed by atoms with Crippen molar-refractivity contribution < 1.29 is 9.84 Å². The Balaban J connectivity index is 1.77. The van der Waals surface area contributed by atoms with Crippen molar-refractivity contribution in [2.45, 2.75) is 25.5 Å². The molecule has 1 aromatic heterocycles. The van der Waals surface area contributed by atoms with Crippen LogP contribution in [0.25, 0.3) is 0 Å². The molecule has 0 saturated carbocycles. The van der Waals surface area contributed by atoms with Crippen LogP contribution in [-0.2, 0) is 11.3 Å². The Morgan fingerprint density at radius 2 is 2.44 bits per heavy atom. The van der Waals surface area contributed by atoms with Crippen LogP contribution in [0.3, 0.4) is 0 Å². The Labute approximate surface area is 95.7 Å². The molecule has 0 amide bonds. The molecule has 4 nitrogen and oxygen atoms in total. The number of aromatic nitrogens is 1. The molecule has 1 fully saturated rings. The normalized spacial score (nSPS) is 24.9. The minimum atomic E-state index is -0.682. The predicted octanol–water partition coefficient (Wildman–Crippen LogP) is 0.631. The molecular weight excluding hydrogens is 204 g/mol. The van der Waals surface area contributed by atoms with Gasteiger partial charge in [0.15, 0.2) is 0 Å². The fourth-order valence-electron chi connectivity index (χ4n) is 1.78. The van der Waals surface area contributed by atoms with Crippen LogP contribution < -0.4 is 5.32 Å². The molecule has 0 aromatic carbocycles. The van der Waals surface area contributed by atoms with Gasteiger partial charge < -0.3 is 15.2 Å². The van der Waals surface area contributed by atoms with Crippen molar-refractivity contribution in [1.29, 1.82) is 0 Å². The molecule has 1 atom stereocenters. The van der Waals surface area contributed by atoms with E-state index in [-0.39, 0.29) is 0 Å². The summed E-state index contributed by atoms with van der Waals surface area (Å²) in [6.45, 7) is 4.36. The summed E-state index contributed by atoms with van der Waals surface area (Å²) in [7, 11) is 0. The second kappa shape index (κ2) is 4.91. The number of nitrogens with one attached hydrogen (secondary N) is 1. The van der Waals surface area contributed by atoms with E-state index in [0.717, 1.165) is 17.8 Å². The largest absolute Gasteiger partial charge is 0.386 e. The minimum absolute atomic E-state index is 0.437. The van der Waals surface area contributed by atoms with E-state index >= 15 is 0 Å². The second-order valence-corrected chi connectivity index (χ2v) is 4.44. The van der Waals surface area contributed by atoms with Crippen molar-refractivity contribution >= 4 is 0 Å². The first-order valence-corrected chi connectivity index (χ1v) is 5.60.